The lowest BCUT2D eigenvalue weighted by molar-refractivity contribution is -0.157. The van der Waals surface area contributed by atoms with Crippen LogP contribution in [0, 0.1) is 0 Å². The number of aliphatic hydroxyl groups excluding tert-OH is 1. The molecular weight excluding hydrogens is 284 g/mol. The number of aliphatic hydroxyl groups is 1. The van der Waals surface area contributed by atoms with Crippen molar-refractivity contribution in [3.63, 3.8) is 0 Å². The Labute approximate surface area is 120 Å². The largest absolute Gasteiger partial charge is 0.480 e. The van der Waals surface area contributed by atoms with Crippen LogP contribution in [0.3, 0.4) is 0 Å². The molecule has 0 aromatic rings. The summed E-state index contributed by atoms with van der Waals surface area (Å²) in [6, 6.07) is -2.46. The predicted octanol–water partition coefficient (Wildman–Crippen LogP) is -1.60. The van der Waals surface area contributed by atoms with Gasteiger partial charge in [-0.25, -0.2) is 9.59 Å². The molecule has 2 amide bonds. The summed E-state index contributed by atoms with van der Waals surface area (Å²) in [6.45, 7) is -0.326. The molecule has 9 heteroatoms. The zero-order valence-corrected chi connectivity index (χ0v) is 11.3. The summed E-state index contributed by atoms with van der Waals surface area (Å²) in [6.07, 6.45) is 1.25. The number of likely N-dealkylation sites (tertiary alicyclic amines) is 1. The number of carboxylic acids is 2. The number of carboxylic acid groups (broad SMARTS) is 2. The van der Waals surface area contributed by atoms with E-state index in [2.05, 4.69) is 0 Å². The van der Waals surface area contributed by atoms with E-state index in [0.29, 0.717) is 12.8 Å². The van der Waals surface area contributed by atoms with Gasteiger partial charge in [-0.2, -0.15) is 0 Å². The summed E-state index contributed by atoms with van der Waals surface area (Å²) in [7, 11) is 0. The van der Waals surface area contributed by atoms with Gasteiger partial charge in [-0.05, 0) is 19.3 Å². The van der Waals surface area contributed by atoms with Crippen molar-refractivity contribution >= 4 is 23.8 Å². The highest BCUT2D eigenvalue weighted by Crippen LogP contribution is 2.17. The summed E-state index contributed by atoms with van der Waals surface area (Å²) < 4.78 is 0. The molecule has 1 heterocycles. The minimum atomic E-state index is -1.39. The smallest absolute Gasteiger partial charge is 0.326 e. The second-order valence-electron chi connectivity index (χ2n) is 4.72. The molecule has 2 atom stereocenters. The molecule has 0 bridgehead atoms. The third-order valence-electron chi connectivity index (χ3n) is 3.26. The molecule has 118 valence electrons. The number of nitrogens with one attached hydrogen (secondary N) is 1. The van der Waals surface area contributed by atoms with Crippen molar-refractivity contribution in [1.82, 2.24) is 10.2 Å². The molecule has 1 aliphatic heterocycles. The van der Waals surface area contributed by atoms with Crippen LogP contribution in [-0.2, 0) is 19.2 Å². The molecule has 0 aromatic heterocycles. The number of carbonyl (C=O) groups is 4. The van der Waals surface area contributed by atoms with Crippen LogP contribution in [0.4, 0.5) is 0 Å². The maximum atomic E-state index is 12.0. The Hall–Kier alpha value is -2.16. The van der Waals surface area contributed by atoms with Crippen LogP contribution >= 0.6 is 0 Å². The molecule has 1 saturated heterocycles. The van der Waals surface area contributed by atoms with Crippen molar-refractivity contribution in [2.75, 3.05) is 13.2 Å². The highest BCUT2D eigenvalue weighted by atomic mass is 16.4. The summed E-state index contributed by atoms with van der Waals surface area (Å²) in [4.78, 5) is 46.6. The standard InChI is InChI=1S/C12H18N2O7/c15-6-4-7(11(18)19)13-9(16)10(17)14-5-2-1-3-8(14)12(20)21/h7-8,15H,1-6H2,(H,13,16)(H,18,19)(H,20,21)/t7-,8-/m1/s1. The first-order valence-electron chi connectivity index (χ1n) is 6.56. The van der Waals surface area contributed by atoms with Gasteiger partial charge in [0.2, 0.25) is 0 Å². The number of piperidine rings is 1. The van der Waals surface area contributed by atoms with Crippen LogP contribution in [0.15, 0.2) is 0 Å². The van der Waals surface area contributed by atoms with Gasteiger partial charge in [-0.15, -0.1) is 0 Å². The topological polar surface area (TPSA) is 144 Å². The molecular formula is C12H18N2O7. The van der Waals surface area contributed by atoms with E-state index in [1.807, 2.05) is 5.32 Å². The van der Waals surface area contributed by atoms with Crippen molar-refractivity contribution in [2.45, 2.75) is 37.8 Å². The Morgan fingerprint density at radius 1 is 1.19 bits per heavy atom. The molecule has 1 fully saturated rings. The monoisotopic (exact) mass is 302 g/mol. The van der Waals surface area contributed by atoms with E-state index in [0.717, 1.165) is 4.90 Å². The predicted molar refractivity (Wildman–Crippen MR) is 68.3 cm³/mol. The maximum absolute atomic E-state index is 12.0. The van der Waals surface area contributed by atoms with Crippen LogP contribution < -0.4 is 5.32 Å². The zero-order chi connectivity index (χ0) is 16.0. The van der Waals surface area contributed by atoms with Gasteiger partial charge in [-0.1, -0.05) is 0 Å². The fraction of sp³-hybridized carbons (Fsp3) is 0.667. The molecule has 1 rings (SSSR count). The van der Waals surface area contributed by atoms with Crippen LogP contribution in [0.5, 0.6) is 0 Å². The van der Waals surface area contributed by atoms with E-state index >= 15 is 0 Å². The van der Waals surface area contributed by atoms with Crippen LogP contribution in [-0.4, -0.2) is 69.2 Å². The molecule has 4 N–H and O–H groups in total. The Morgan fingerprint density at radius 2 is 1.86 bits per heavy atom. The molecule has 21 heavy (non-hydrogen) atoms. The van der Waals surface area contributed by atoms with Gasteiger partial charge >= 0.3 is 23.8 Å². The third kappa shape index (κ3) is 4.42. The average Bonchev–Trinajstić information content (AvgIpc) is 2.45. The fourth-order valence-corrected chi connectivity index (χ4v) is 2.17. The second-order valence-corrected chi connectivity index (χ2v) is 4.72. The van der Waals surface area contributed by atoms with E-state index in [1.165, 1.54) is 0 Å². The summed E-state index contributed by atoms with van der Waals surface area (Å²) >= 11 is 0. The van der Waals surface area contributed by atoms with Crippen LogP contribution in [0.25, 0.3) is 0 Å². The van der Waals surface area contributed by atoms with Gasteiger partial charge in [0.1, 0.15) is 12.1 Å². The molecule has 9 nitrogen and oxygen atoms in total. The van der Waals surface area contributed by atoms with Crippen molar-refractivity contribution < 1.29 is 34.5 Å². The molecule has 0 saturated carbocycles. The molecule has 1 aliphatic rings. The van der Waals surface area contributed by atoms with E-state index in [1.54, 1.807) is 0 Å². The van der Waals surface area contributed by atoms with Crippen molar-refractivity contribution in [3.05, 3.63) is 0 Å². The Morgan fingerprint density at radius 3 is 2.38 bits per heavy atom. The Kier molecular flexibility index (Phi) is 6.10. The summed E-state index contributed by atoms with van der Waals surface area (Å²) in [5.41, 5.74) is 0. The highest BCUT2D eigenvalue weighted by Gasteiger charge is 2.36. The van der Waals surface area contributed by atoms with E-state index in [4.69, 9.17) is 15.3 Å². The third-order valence-corrected chi connectivity index (χ3v) is 3.26. The minimum absolute atomic E-state index is 0.140. The first kappa shape index (κ1) is 16.9. The molecule has 0 spiro atoms. The van der Waals surface area contributed by atoms with Gasteiger partial charge in [0.05, 0.1) is 0 Å². The quantitative estimate of drug-likeness (QED) is 0.448. The first-order chi connectivity index (χ1) is 9.88. The van der Waals surface area contributed by atoms with Crippen LogP contribution in [0.2, 0.25) is 0 Å². The van der Waals surface area contributed by atoms with Crippen molar-refractivity contribution in [1.29, 1.82) is 0 Å². The van der Waals surface area contributed by atoms with Crippen molar-refractivity contribution in [3.8, 4) is 0 Å². The lowest BCUT2D eigenvalue weighted by Crippen LogP contribution is -2.55. The fourth-order valence-electron chi connectivity index (χ4n) is 2.17. The molecule has 0 radical (unpaired) electrons. The number of hydrogen-bond acceptors (Lipinski definition) is 5. The number of rotatable bonds is 5. The molecule has 0 aliphatic carbocycles. The molecule has 0 aromatic carbocycles. The van der Waals surface area contributed by atoms with Gasteiger partial charge in [0.15, 0.2) is 0 Å². The molecule has 0 unspecified atom stereocenters. The summed E-state index contributed by atoms with van der Waals surface area (Å²) in [5.74, 6) is -4.81. The van der Waals surface area contributed by atoms with Gasteiger partial charge in [0, 0.05) is 19.6 Å². The Bertz CT molecular complexity index is 437. The van der Waals surface area contributed by atoms with E-state index in [-0.39, 0.29) is 19.4 Å². The number of amides is 2. The van der Waals surface area contributed by atoms with Gasteiger partial charge in [-0.3, -0.25) is 9.59 Å². The van der Waals surface area contributed by atoms with Crippen molar-refractivity contribution in [2.24, 2.45) is 0 Å². The first-order valence-corrected chi connectivity index (χ1v) is 6.56. The lowest BCUT2D eigenvalue weighted by Gasteiger charge is -2.32. The second kappa shape index (κ2) is 7.58. The average molecular weight is 302 g/mol. The van der Waals surface area contributed by atoms with Gasteiger partial charge < -0.3 is 25.5 Å². The number of carbonyl (C=O) groups excluding carboxylic acids is 2. The normalized spacial score (nSPS) is 19.7. The SMILES string of the molecule is O=C(N[C@H](CCO)C(=O)O)C(=O)N1CCCC[C@@H]1C(=O)O. The lowest BCUT2D eigenvalue weighted by atomic mass is 10.0. The van der Waals surface area contributed by atoms with Gasteiger partial charge in [0.25, 0.3) is 0 Å². The zero-order valence-electron chi connectivity index (χ0n) is 11.3. The number of hydrogen-bond donors (Lipinski definition) is 4. The van der Waals surface area contributed by atoms with Crippen LogP contribution in [0.1, 0.15) is 25.7 Å². The van der Waals surface area contributed by atoms with E-state index in [9.17, 15) is 19.2 Å². The maximum Gasteiger partial charge on any atom is 0.326 e. The van der Waals surface area contributed by atoms with E-state index < -0.39 is 42.4 Å². The number of aliphatic carboxylic acids is 2. The number of nitrogens with zero attached hydrogens (tertiary/aromatic N) is 1. The Balaban J connectivity index is 2.73. The minimum Gasteiger partial charge on any atom is -0.480 e. The summed E-state index contributed by atoms with van der Waals surface area (Å²) in [5, 5.41) is 28.6. The highest BCUT2D eigenvalue weighted by molar-refractivity contribution is 6.35.